The van der Waals surface area contributed by atoms with Crippen LogP contribution >= 0.6 is 0 Å². The molecule has 0 heterocycles. The second-order valence-electron chi connectivity index (χ2n) is 5.69. The molecule has 1 aromatic carbocycles. The molecule has 0 aliphatic heterocycles. The number of aryl methyl sites for hydroxylation is 1. The molecule has 0 fully saturated rings. The molecule has 0 unspecified atom stereocenters. The number of aliphatic hydroxyl groups excluding tert-OH is 1. The molecule has 1 rings (SSSR count). The largest absolute Gasteiger partial charge is 0.508 e. The van der Waals surface area contributed by atoms with Crippen LogP contribution in [-0.4, -0.2) is 27.0 Å². The Hall–Kier alpha value is -1.06. The van der Waals surface area contributed by atoms with E-state index in [1.54, 1.807) is 19.9 Å². The Bertz CT molecular complexity index is 393. The molecule has 102 valence electrons. The fraction of sp³-hybridized carbons (Fsp3) is 0.600. The molecule has 0 amide bonds. The highest BCUT2D eigenvalue weighted by atomic mass is 16.3. The van der Waals surface area contributed by atoms with Crippen LogP contribution in [0.4, 0.5) is 0 Å². The van der Waals surface area contributed by atoms with E-state index in [1.807, 2.05) is 19.1 Å². The quantitative estimate of drug-likeness (QED) is 0.755. The van der Waals surface area contributed by atoms with E-state index in [1.165, 1.54) is 0 Å². The Balaban J connectivity index is 2.60. The second kappa shape index (κ2) is 5.72. The zero-order chi connectivity index (χ0) is 13.9. The Morgan fingerprint density at radius 3 is 2.33 bits per heavy atom. The topological polar surface area (TPSA) is 60.7 Å². The Morgan fingerprint density at radius 1 is 1.22 bits per heavy atom. The van der Waals surface area contributed by atoms with Gasteiger partial charge in [0.05, 0.1) is 11.7 Å². The minimum Gasteiger partial charge on any atom is -0.508 e. The highest BCUT2D eigenvalue weighted by molar-refractivity contribution is 5.36. The van der Waals surface area contributed by atoms with E-state index in [-0.39, 0.29) is 5.92 Å². The number of benzene rings is 1. The fourth-order valence-electron chi connectivity index (χ4n) is 1.86. The zero-order valence-corrected chi connectivity index (χ0v) is 11.6. The van der Waals surface area contributed by atoms with Gasteiger partial charge in [-0.15, -0.1) is 0 Å². The molecule has 0 bridgehead atoms. The van der Waals surface area contributed by atoms with Crippen molar-refractivity contribution < 1.29 is 15.3 Å². The maximum absolute atomic E-state index is 9.78. The first-order valence-corrected chi connectivity index (χ1v) is 6.41. The number of aliphatic hydroxyl groups is 2. The van der Waals surface area contributed by atoms with Crippen molar-refractivity contribution in [1.29, 1.82) is 0 Å². The van der Waals surface area contributed by atoms with Crippen molar-refractivity contribution in [2.45, 2.75) is 58.2 Å². The summed E-state index contributed by atoms with van der Waals surface area (Å²) in [6, 6.07) is 5.67. The Morgan fingerprint density at radius 2 is 1.83 bits per heavy atom. The number of hydrogen-bond donors (Lipinski definition) is 3. The molecule has 0 saturated carbocycles. The summed E-state index contributed by atoms with van der Waals surface area (Å²) in [5, 5.41) is 29.1. The van der Waals surface area contributed by atoms with Gasteiger partial charge in [0, 0.05) is 0 Å². The fourth-order valence-corrected chi connectivity index (χ4v) is 1.86. The van der Waals surface area contributed by atoms with Gasteiger partial charge in [-0.2, -0.15) is 0 Å². The van der Waals surface area contributed by atoms with Crippen LogP contribution in [-0.2, 0) is 0 Å². The maximum atomic E-state index is 9.78. The molecular weight excluding hydrogens is 228 g/mol. The molecule has 3 N–H and O–H groups in total. The first-order chi connectivity index (χ1) is 8.21. The van der Waals surface area contributed by atoms with E-state index < -0.39 is 11.7 Å². The first-order valence-electron chi connectivity index (χ1n) is 6.41. The molecule has 3 nitrogen and oxygen atoms in total. The van der Waals surface area contributed by atoms with Gasteiger partial charge in [0.2, 0.25) is 0 Å². The predicted octanol–water partition coefficient (Wildman–Crippen LogP) is 2.72. The number of phenolic OH excluding ortho intramolecular Hbond substituents is 1. The molecule has 1 aromatic rings. The Kier molecular flexibility index (Phi) is 4.77. The highest BCUT2D eigenvalue weighted by Gasteiger charge is 2.24. The van der Waals surface area contributed by atoms with E-state index in [0.29, 0.717) is 12.2 Å². The Labute approximate surface area is 109 Å². The first kappa shape index (κ1) is 15.0. The second-order valence-corrected chi connectivity index (χ2v) is 5.69. The number of rotatable bonds is 5. The van der Waals surface area contributed by atoms with E-state index in [9.17, 15) is 15.3 Å². The standard InChI is InChI=1S/C15H24O3/c1-10(6-8-14(17)15(3,4)18)12-7-5-11(2)13(16)9-12/h5,7,9-10,14,16-18H,6,8H2,1-4H3/t10-,14+/m1/s1. The minimum absolute atomic E-state index is 0.244. The van der Waals surface area contributed by atoms with Crippen molar-refractivity contribution in [2.75, 3.05) is 0 Å². The monoisotopic (exact) mass is 252 g/mol. The van der Waals surface area contributed by atoms with Crippen LogP contribution in [0.5, 0.6) is 5.75 Å². The highest BCUT2D eigenvalue weighted by Crippen LogP contribution is 2.27. The molecular formula is C15H24O3. The van der Waals surface area contributed by atoms with Gasteiger partial charge in [0.25, 0.3) is 0 Å². The summed E-state index contributed by atoms with van der Waals surface area (Å²) in [7, 11) is 0. The van der Waals surface area contributed by atoms with E-state index in [2.05, 4.69) is 6.92 Å². The number of aromatic hydroxyl groups is 1. The van der Waals surface area contributed by atoms with E-state index >= 15 is 0 Å². The van der Waals surface area contributed by atoms with Gasteiger partial charge in [-0.25, -0.2) is 0 Å². The van der Waals surface area contributed by atoms with E-state index in [0.717, 1.165) is 17.5 Å². The summed E-state index contributed by atoms with van der Waals surface area (Å²) < 4.78 is 0. The lowest BCUT2D eigenvalue weighted by molar-refractivity contribution is -0.0525. The van der Waals surface area contributed by atoms with Crippen molar-refractivity contribution in [3.8, 4) is 5.75 Å². The molecule has 0 spiro atoms. The summed E-state index contributed by atoms with van der Waals surface area (Å²) >= 11 is 0. The number of phenols is 1. The molecule has 2 atom stereocenters. The zero-order valence-electron chi connectivity index (χ0n) is 11.6. The lowest BCUT2D eigenvalue weighted by atomic mass is 9.90. The normalized spacial score (nSPS) is 15.4. The number of hydrogen-bond acceptors (Lipinski definition) is 3. The average Bonchev–Trinajstić information content (AvgIpc) is 2.27. The van der Waals surface area contributed by atoms with Crippen molar-refractivity contribution in [1.82, 2.24) is 0 Å². The van der Waals surface area contributed by atoms with Crippen LogP contribution in [0, 0.1) is 6.92 Å². The third kappa shape index (κ3) is 4.00. The van der Waals surface area contributed by atoms with Crippen LogP contribution in [0.2, 0.25) is 0 Å². The van der Waals surface area contributed by atoms with Gasteiger partial charge in [0.1, 0.15) is 5.75 Å². The summed E-state index contributed by atoms with van der Waals surface area (Å²) in [5.41, 5.74) is 0.860. The average molecular weight is 252 g/mol. The summed E-state index contributed by atoms with van der Waals surface area (Å²) in [5.74, 6) is 0.552. The summed E-state index contributed by atoms with van der Waals surface area (Å²) in [4.78, 5) is 0. The summed E-state index contributed by atoms with van der Waals surface area (Å²) in [6.45, 7) is 7.14. The smallest absolute Gasteiger partial charge is 0.118 e. The molecule has 0 aromatic heterocycles. The van der Waals surface area contributed by atoms with Crippen LogP contribution in [0.25, 0.3) is 0 Å². The van der Waals surface area contributed by atoms with Crippen LogP contribution in [0.1, 0.15) is 50.7 Å². The van der Waals surface area contributed by atoms with Crippen LogP contribution < -0.4 is 0 Å². The van der Waals surface area contributed by atoms with Crippen molar-refractivity contribution in [3.05, 3.63) is 29.3 Å². The predicted molar refractivity (Wildman–Crippen MR) is 72.8 cm³/mol. The molecule has 0 aliphatic carbocycles. The van der Waals surface area contributed by atoms with Gasteiger partial charge < -0.3 is 15.3 Å². The molecule has 3 heteroatoms. The van der Waals surface area contributed by atoms with Crippen LogP contribution in [0.15, 0.2) is 18.2 Å². The lowest BCUT2D eigenvalue weighted by Crippen LogP contribution is -2.35. The van der Waals surface area contributed by atoms with Crippen molar-refractivity contribution >= 4 is 0 Å². The van der Waals surface area contributed by atoms with Gasteiger partial charge >= 0.3 is 0 Å². The minimum atomic E-state index is -1.06. The lowest BCUT2D eigenvalue weighted by Gasteiger charge is -2.25. The molecule has 0 saturated heterocycles. The molecule has 0 radical (unpaired) electrons. The summed E-state index contributed by atoms with van der Waals surface area (Å²) in [6.07, 6.45) is 0.589. The third-order valence-corrected chi connectivity index (χ3v) is 3.49. The van der Waals surface area contributed by atoms with Gasteiger partial charge in [0.15, 0.2) is 0 Å². The van der Waals surface area contributed by atoms with E-state index in [4.69, 9.17) is 0 Å². The molecule has 18 heavy (non-hydrogen) atoms. The molecule has 0 aliphatic rings. The van der Waals surface area contributed by atoms with Gasteiger partial charge in [-0.1, -0.05) is 19.1 Å². The van der Waals surface area contributed by atoms with Crippen LogP contribution in [0.3, 0.4) is 0 Å². The van der Waals surface area contributed by atoms with Gasteiger partial charge in [-0.05, 0) is 56.7 Å². The third-order valence-electron chi connectivity index (χ3n) is 3.49. The van der Waals surface area contributed by atoms with Crippen molar-refractivity contribution in [3.63, 3.8) is 0 Å². The van der Waals surface area contributed by atoms with Gasteiger partial charge in [-0.3, -0.25) is 0 Å². The SMILES string of the molecule is Cc1ccc([C@H](C)CC[C@H](O)C(C)(C)O)cc1O. The van der Waals surface area contributed by atoms with Crippen molar-refractivity contribution in [2.24, 2.45) is 0 Å². The maximum Gasteiger partial charge on any atom is 0.118 e.